The Morgan fingerprint density at radius 3 is 2.60 bits per heavy atom. The van der Waals surface area contributed by atoms with Crippen LogP contribution in [0.25, 0.3) is 0 Å². The zero-order valence-electron chi connectivity index (χ0n) is 10.9. The van der Waals surface area contributed by atoms with E-state index in [1.807, 2.05) is 0 Å². The van der Waals surface area contributed by atoms with Gasteiger partial charge in [-0.2, -0.15) is 5.26 Å². The van der Waals surface area contributed by atoms with E-state index < -0.39 is 0 Å². The van der Waals surface area contributed by atoms with Crippen molar-refractivity contribution >= 4 is 23.1 Å². The van der Waals surface area contributed by atoms with E-state index in [0.717, 1.165) is 5.69 Å². The molecule has 2 aromatic rings. The maximum atomic E-state index is 10.9. The highest BCUT2D eigenvalue weighted by molar-refractivity contribution is 5.80. The Bertz CT molecular complexity index is 645. The van der Waals surface area contributed by atoms with Crippen LogP contribution in [0.3, 0.4) is 0 Å². The summed E-state index contributed by atoms with van der Waals surface area (Å²) in [5.41, 5.74) is 1.42. The van der Waals surface area contributed by atoms with Gasteiger partial charge in [-0.05, 0) is 31.2 Å². The summed E-state index contributed by atoms with van der Waals surface area (Å²) in [5.74, 6) is 1.22. The number of aromatic nitrogens is 2. The first-order chi connectivity index (χ1) is 9.67. The summed E-state index contributed by atoms with van der Waals surface area (Å²) >= 11 is 0. The van der Waals surface area contributed by atoms with E-state index in [9.17, 15) is 4.79 Å². The first kappa shape index (κ1) is 13.5. The van der Waals surface area contributed by atoms with Crippen molar-refractivity contribution < 1.29 is 4.79 Å². The van der Waals surface area contributed by atoms with Gasteiger partial charge in [0.15, 0.2) is 0 Å². The number of nitriles is 1. The van der Waals surface area contributed by atoms with E-state index in [-0.39, 0.29) is 12.3 Å². The zero-order valence-corrected chi connectivity index (χ0v) is 10.9. The highest BCUT2D eigenvalue weighted by Gasteiger charge is 2.01. The molecule has 0 aliphatic carbocycles. The van der Waals surface area contributed by atoms with Crippen molar-refractivity contribution in [1.29, 1.82) is 5.26 Å². The number of Topliss-reactive ketones (excluding diaryl/α,β-unsaturated/α-hetero) is 1. The second kappa shape index (κ2) is 6.29. The van der Waals surface area contributed by atoms with E-state index in [1.54, 1.807) is 30.3 Å². The number of carbonyl (C=O) groups is 1. The van der Waals surface area contributed by atoms with Gasteiger partial charge in [-0.1, -0.05) is 0 Å². The molecule has 0 amide bonds. The van der Waals surface area contributed by atoms with Crippen molar-refractivity contribution in [1.82, 2.24) is 9.97 Å². The molecule has 0 aliphatic heterocycles. The molecule has 1 aromatic heterocycles. The summed E-state index contributed by atoms with van der Waals surface area (Å²) < 4.78 is 0. The van der Waals surface area contributed by atoms with Gasteiger partial charge >= 0.3 is 0 Å². The lowest BCUT2D eigenvalue weighted by atomic mass is 10.2. The highest BCUT2D eigenvalue weighted by Crippen LogP contribution is 2.16. The molecule has 0 radical (unpaired) electrons. The average Bonchev–Trinajstić information content (AvgIpc) is 2.46. The zero-order chi connectivity index (χ0) is 14.4. The number of hydrogen-bond donors (Lipinski definition) is 2. The van der Waals surface area contributed by atoms with E-state index >= 15 is 0 Å². The number of anilines is 3. The van der Waals surface area contributed by atoms with Crippen molar-refractivity contribution in [3.8, 4) is 6.07 Å². The van der Waals surface area contributed by atoms with Crippen LogP contribution in [0.5, 0.6) is 0 Å². The Labute approximate surface area is 116 Å². The van der Waals surface area contributed by atoms with Crippen LogP contribution < -0.4 is 10.6 Å². The lowest BCUT2D eigenvalue weighted by Crippen LogP contribution is -2.11. The largest absolute Gasteiger partial charge is 0.363 e. The van der Waals surface area contributed by atoms with E-state index in [4.69, 9.17) is 5.26 Å². The third kappa shape index (κ3) is 3.78. The predicted octanol–water partition coefficient (Wildman–Crippen LogP) is 2.09. The summed E-state index contributed by atoms with van der Waals surface area (Å²) in [5, 5.41) is 14.7. The molecule has 2 N–H and O–H groups in total. The van der Waals surface area contributed by atoms with Gasteiger partial charge in [-0.15, -0.1) is 0 Å². The molecular formula is C14H13N5O. The number of ketones is 1. The summed E-state index contributed by atoms with van der Waals surface area (Å²) in [7, 11) is 0. The minimum Gasteiger partial charge on any atom is -0.363 e. The van der Waals surface area contributed by atoms with Crippen molar-refractivity contribution in [2.75, 3.05) is 17.2 Å². The van der Waals surface area contributed by atoms with E-state index in [0.29, 0.717) is 17.2 Å². The van der Waals surface area contributed by atoms with E-state index in [1.165, 1.54) is 13.3 Å². The fourth-order valence-electron chi connectivity index (χ4n) is 1.51. The van der Waals surface area contributed by atoms with Crippen LogP contribution in [0.2, 0.25) is 0 Å². The minimum absolute atomic E-state index is 0.0326. The second-order valence-corrected chi connectivity index (χ2v) is 4.16. The topological polar surface area (TPSA) is 90.7 Å². The van der Waals surface area contributed by atoms with Gasteiger partial charge < -0.3 is 10.6 Å². The van der Waals surface area contributed by atoms with Crippen LogP contribution in [0.15, 0.2) is 36.7 Å². The number of hydrogen-bond acceptors (Lipinski definition) is 6. The molecule has 0 aliphatic rings. The van der Waals surface area contributed by atoms with Gasteiger partial charge in [0.25, 0.3) is 0 Å². The van der Waals surface area contributed by atoms with Crippen molar-refractivity contribution in [3.05, 3.63) is 42.2 Å². The van der Waals surface area contributed by atoms with Crippen LogP contribution in [0.1, 0.15) is 12.5 Å². The molecule has 100 valence electrons. The molecule has 6 nitrogen and oxygen atoms in total. The standard InChI is InChI=1S/C14H13N5O/c1-10(20)8-16-13-6-14(18-9-17-13)19-12-4-2-11(7-15)3-5-12/h2-6,9H,8H2,1H3,(H2,16,17,18,19). The average molecular weight is 267 g/mol. The van der Waals surface area contributed by atoms with Gasteiger partial charge in [0.1, 0.15) is 23.7 Å². The van der Waals surface area contributed by atoms with Crippen molar-refractivity contribution in [3.63, 3.8) is 0 Å². The lowest BCUT2D eigenvalue weighted by Gasteiger charge is -2.07. The van der Waals surface area contributed by atoms with Crippen molar-refractivity contribution in [2.45, 2.75) is 6.92 Å². The molecular weight excluding hydrogens is 254 g/mol. The quantitative estimate of drug-likeness (QED) is 0.862. The van der Waals surface area contributed by atoms with Gasteiger partial charge in [0, 0.05) is 11.8 Å². The summed E-state index contributed by atoms with van der Waals surface area (Å²) in [6.45, 7) is 1.73. The molecule has 0 bridgehead atoms. The number of carbonyl (C=O) groups excluding carboxylic acids is 1. The molecule has 0 spiro atoms. The molecule has 0 unspecified atom stereocenters. The molecule has 1 heterocycles. The predicted molar refractivity (Wildman–Crippen MR) is 75.6 cm³/mol. The van der Waals surface area contributed by atoms with Crippen LogP contribution in [0, 0.1) is 11.3 Å². The number of benzene rings is 1. The normalized spacial score (nSPS) is 9.60. The molecule has 6 heteroatoms. The Morgan fingerprint density at radius 2 is 1.95 bits per heavy atom. The van der Waals surface area contributed by atoms with Crippen molar-refractivity contribution in [2.24, 2.45) is 0 Å². The highest BCUT2D eigenvalue weighted by atomic mass is 16.1. The number of nitrogens with one attached hydrogen (secondary N) is 2. The van der Waals surface area contributed by atoms with Gasteiger partial charge in [0.05, 0.1) is 18.2 Å². The second-order valence-electron chi connectivity index (χ2n) is 4.16. The Hall–Kier alpha value is -2.94. The van der Waals surface area contributed by atoms with Crippen LogP contribution >= 0.6 is 0 Å². The Morgan fingerprint density at radius 1 is 1.25 bits per heavy atom. The molecule has 20 heavy (non-hydrogen) atoms. The van der Waals surface area contributed by atoms with Gasteiger partial charge in [-0.25, -0.2) is 9.97 Å². The fraction of sp³-hybridized carbons (Fsp3) is 0.143. The first-order valence-electron chi connectivity index (χ1n) is 6.00. The Kier molecular flexibility index (Phi) is 4.24. The monoisotopic (exact) mass is 267 g/mol. The SMILES string of the molecule is CC(=O)CNc1cc(Nc2ccc(C#N)cc2)ncn1. The summed E-state index contributed by atoms with van der Waals surface area (Å²) in [6.07, 6.45) is 1.41. The lowest BCUT2D eigenvalue weighted by molar-refractivity contribution is -0.115. The molecule has 1 aromatic carbocycles. The van der Waals surface area contributed by atoms with Gasteiger partial charge in [0.2, 0.25) is 0 Å². The molecule has 0 fully saturated rings. The summed E-state index contributed by atoms with van der Waals surface area (Å²) in [4.78, 5) is 19.0. The summed E-state index contributed by atoms with van der Waals surface area (Å²) in [6, 6.07) is 10.8. The Balaban J connectivity index is 2.07. The minimum atomic E-state index is 0.0326. The number of rotatable bonds is 5. The van der Waals surface area contributed by atoms with Crippen LogP contribution in [-0.4, -0.2) is 22.3 Å². The third-order valence-electron chi connectivity index (χ3n) is 2.47. The molecule has 0 atom stereocenters. The number of nitrogens with zero attached hydrogens (tertiary/aromatic N) is 3. The maximum absolute atomic E-state index is 10.9. The van der Waals surface area contributed by atoms with Gasteiger partial charge in [-0.3, -0.25) is 4.79 Å². The van der Waals surface area contributed by atoms with Crippen LogP contribution in [-0.2, 0) is 4.79 Å². The molecule has 2 rings (SSSR count). The third-order valence-corrected chi connectivity index (χ3v) is 2.47. The smallest absolute Gasteiger partial charge is 0.148 e. The fourth-order valence-corrected chi connectivity index (χ4v) is 1.51. The molecule has 0 saturated carbocycles. The van der Waals surface area contributed by atoms with E-state index in [2.05, 4.69) is 26.7 Å². The first-order valence-corrected chi connectivity index (χ1v) is 6.00. The maximum Gasteiger partial charge on any atom is 0.148 e. The van der Waals surface area contributed by atoms with Crippen LogP contribution in [0.4, 0.5) is 17.3 Å². The molecule has 0 saturated heterocycles.